The summed E-state index contributed by atoms with van der Waals surface area (Å²) in [5.41, 5.74) is 1.68. The van der Waals surface area contributed by atoms with E-state index >= 15 is 0 Å². The van der Waals surface area contributed by atoms with Gasteiger partial charge in [0.05, 0.1) is 25.9 Å². The molecular formula is C25H23F2N7O2. The Labute approximate surface area is 204 Å². The van der Waals surface area contributed by atoms with Crippen LogP contribution in [0.5, 0.6) is 5.75 Å². The first-order chi connectivity index (χ1) is 17.6. The highest BCUT2D eigenvalue weighted by molar-refractivity contribution is 5.73. The molecule has 0 bridgehead atoms. The molecule has 2 N–H and O–H groups in total. The zero-order valence-corrected chi connectivity index (χ0v) is 19.2. The standard InChI is InChI=1S/C25H23F2N7O2/c26-10-1-11-33-16-30-23-22(33)24(35)32-25(34(23)14-17-2-4-18(27)5-3-17)31-19-6-8-20(9-7-19)36-21-12-28-15-29-13-21/h2-9,12,15-16H,1,10-11,13-14H2,(H,28,29)(H,31,32,35). The number of imidazole rings is 1. The fraction of sp³-hybridized carbons (Fsp3) is 0.200. The maximum Gasteiger partial charge on any atom is 0.300 e. The van der Waals surface area contributed by atoms with Crippen LogP contribution in [0, 0.1) is 5.82 Å². The summed E-state index contributed by atoms with van der Waals surface area (Å²) in [5.74, 6) is 1.24. The molecule has 1 aliphatic rings. The number of alkyl halides is 1. The van der Waals surface area contributed by atoms with E-state index in [1.807, 2.05) is 0 Å². The summed E-state index contributed by atoms with van der Waals surface area (Å²) in [4.78, 5) is 25.7. The van der Waals surface area contributed by atoms with Crippen molar-refractivity contribution in [1.29, 1.82) is 0 Å². The minimum Gasteiger partial charge on any atom is -0.458 e. The monoisotopic (exact) mass is 491 g/mol. The van der Waals surface area contributed by atoms with Crippen molar-refractivity contribution in [2.24, 2.45) is 4.99 Å². The van der Waals surface area contributed by atoms with Gasteiger partial charge in [-0.2, -0.15) is 4.98 Å². The minimum absolute atomic E-state index is 0.261. The van der Waals surface area contributed by atoms with E-state index in [-0.39, 0.29) is 30.2 Å². The molecule has 36 heavy (non-hydrogen) atoms. The Kier molecular flexibility index (Phi) is 6.69. The number of hydrogen-bond acceptors (Lipinski definition) is 7. The van der Waals surface area contributed by atoms with Crippen molar-refractivity contribution in [2.45, 2.75) is 19.5 Å². The first kappa shape index (κ1) is 23.2. The third kappa shape index (κ3) is 5.09. The van der Waals surface area contributed by atoms with Gasteiger partial charge in [0.2, 0.25) is 5.95 Å². The molecule has 0 fully saturated rings. The van der Waals surface area contributed by atoms with Crippen molar-refractivity contribution in [3.05, 3.63) is 88.6 Å². The van der Waals surface area contributed by atoms with Gasteiger partial charge in [-0.15, -0.1) is 0 Å². The van der Waals surface area contributed by atoms with E-state index in [0.29, 0.717) is 35.9 Å². The summed E-state index contributed by atoms with van der Waals surface area (Å²) in [7, 11) is 0. The molecular weight excluding hydrogens is 468 g/mol. The summed E-state index contributed by atoms with van der Waals surface area (Å²) < 4.78 is 35.4. The molecule has 0 radical (unpaired) electrons. The van der Waals surface area contributed by atoms with Gasteiger partial charge in [0, 0.05) is 18.4 Å². The summed E-state index contributed by atoms with van der Waals surface area (Å²) in [6, 6.07) is 13.2. The van der Waals surface area contributed by atoms with E-state index in [2.05, 4.69) is 25.6 Å². The highest BCUT2D eigenvalue weighted by atomic mass is 19.1. The van der Waals surface area contributed by atoms with Gasteiger partial charge in [-0.25, -0.2) is 9.37 Å². The highest BCUT2D eigenvalue weighted by Crippen LogP contribution is 2.23. The third-order valence-electron chi connectivity index (χ3n) is 5.54. The molecule has 4 aromatic rings. The maximum absolute atomic E-state index is 13.5. The number of fused-ring (bicyclic) bond motifs is 1. The van der Waals surface area contributed by atoms with Crippen molar-refractivity contribution < 1.29 is 13.5 Å². The fourth-order valence-corrected chi connectivity index (χ4v) is 3.83. The van der Waals surface area contributed by atoms with Crippen LogP contribution >= 0.6 is 0 Å². The zero-order valence-electron chi connectivity index (χ0n) is 19.2. The first-order valence-corrected chi connectivity index (χ1v) is 11.3. The Bertz CT molecular complexity index is 1480. The average Bonchev–Trinajstić information content (AvgIpc) is 3.32. The Balaban J connectivity index is 1.47. The summed E-state index contributed by atoms with van der Waals surface area (Å²) in [5, 5.41) is 6.07. The molecule has 1 aliphatic heterocycles. The molecule has 0 saturated carbocycles. The van der Waals surface area contributed by atoms with E-state index in [0.717, 1.165) is 5.56 Å². The van der Waals surface area contributed by atoms with Crippen molar-refractivity contribution in [2.75, 3.05) is 18.5 Å². The molecule has 5 rings (SSSR count). The highest BCUT2D eigenvalue weighted by Gasteiger charge is 2.17. The van der Waals surface area contributed by atoms with Crippen LogP contribution in [0.2, 0.25) is 0 Å². The van der Waals surface area contributed by atoms with Crippen LogP contribution in [0.3, 0.4) is 0 Å². The molecule has 0 amide bonds. The molecule has 3 heterocycles. The first-order valence-electron chi connectivity index (χ1n) is 11.3. The largest absolute Gasteiger partial charge is 0.458 e. The van der Waals surface area contributed by atoms with Crippen molar-refractivity contribution in [3.63, 3.8) is 0 Å². The Morgan fingerprint density at radius 2 is 1.92 bits per heavy atom. The Hall–Kier alpha value is -4.54. The second-order valence-corrected chi connectivity index (χ2v) is 8.10. The predicted molar refractivity (Wildman–Crippen MR) is 133 cm³/mol. The van der Waals surface area contributed by atoms with Gasteiger partial charge in [0.25, 0.3) is 0 Å². The van der Waals surface area contributed by atoms with Gasteiger partial charge in [0.15, 0.2) is 11.2 Å². The lowest BCUT2D eigenvalue weighted by molar-refractivity contribution is 0.413. The number of halogens is 2. The maximum atomic E-state index is 13.5. The van der Waals surface area contributed by atoms with Gasteiger partial charge in [-0.1, -0.05) is 12.1 Å². The number of aryl methyl sites for hydroxylation is 1. The molecule has 2 aromatic carbocycles. The lowest BCUT2D eigenvalue weighted by atomic mass is 10.2. The predicted octanol–water partition coefficient (Wildman–Crippen LogP) is 3.74. The van der Waals surface area contributed by atoms with E-state index in [9.17, 15) is 13.6 Å². The molecule has 9 nitrogen and oxygen atoms in total. The van der Waals surface area contributed by atoms with E-state index in [1.54, 1.807) is 58.1 Å². The average molecular weight is 492 g/mol. The summed E-state index contributed by atoms with van der Waals surface area (Å²) in [6.07, 6.45) is 5.11. The normalized spacial score (nSPS) is 12.9. The van der Waals surface area contributed by atoms with Crippen molar-refractivity contribution in [1.82, 2.24) is 24.4 Å². The van der Waals surface area contributed by atoms with Crippen LogP contribution in [-0.2, 0) is 13.1 Å². The lowest BCUT2D eigenvalue weighted by Crippen LogP contribution is -2.20. The lowest BCUT2D eigenvalue weighted by Gasteiger charge is -2.16. The third-order valence-corrected chi connectivity index (χ3v) is 5.54. The van der Waals surface area contributed by atoms with Crippen LogP contribution in [0.25, 0.3) is 11.2 Å². The second kappa shape index (κ2) is 10.4. The van der Waals surface area contributed by atoms with Gasteiger partial charge in [-0.05, 0) is 48.4 Å². The van der Waals surface area contributed by atoms with Crippen LogP contribution in [-0.4, -0.2) is 38.7 Å². The Morgan fingerprint density at radius 3 is 2.64 bits per heavy atom. The fourth-order valence-electron chi connectivity index (χ4n) is 3.83. The number of aliphatic imine (C=N–C) groups is 1. The number of nitrogens with one attached hydrogen (secondary N) is 2. The van der Waals surface area contributed by atoms with Gasteiger partial charge >= 0.3 is 5.56 Å². The molecule has 184 valence electrons. The molecule has 0 unspecified atom stereocenters. The van der Waals surface area contributed by atoms with Gasteiger partial charge in [0.1, 0.15) is 23.9 Å². The summed E-state index contributed by atoms with van der Waals surface area (Å²) in [6.45, 7) is 0.545. The van der Waals surface area contributed by atoms with Gasteiger partial charge < -0.3 is 19.9 Å². The summed E-state index contributed by atoms with van der Waals surface area (Å²) >= 11 is 0. The van der Waals surface area contributed by atoms with Crippen molar-refractivity contribution >= 4 is 29.1 Å². The van der Waals surface area contributed by atoms with E-state index < -0.39 is 12.2 Å². The zero-order chi connectivity index (χ0) is 24.9. The Morgan fingerprint density at radius 1 is 1.11 bits per heavy atom. The van der Waals surface area contributed by atoms with E-state index in [1.165, 1.54) is 18.5 Å². The van der Waals surface area contributed by atoms with Crippen LogP contribution in [0.1, 0.15) is 12.0 Å². The molecule has 0 saturated heterocycles. The number of ether oxygens (including phenoxy) is 1. The molecule has 0 spiro atoms. The topological polar surface area (TPSA) is 98.4 Å². The molecule has 0 aliphatic carbocycles. The minimum atomic E-state index is -0.503. The molecule has 0 atom stereocenters. The van der Waals surface area contributed by atoms with Crippen LogP contribution in [0.15, 0.2) is 76.6 Å². The molecule has 2 aromatic heterocycles. The number of nitrogens with zero attached hydrogens (tertiary/aromatic N) is 5. The van der Waals surface area contributed by atoms with Gasteiger partial charge in [-0.3, -0.25) is 18.7 Å². The SMILES string of the molecule is O=c1nc(Nc2ccc(OC3=CNC=NC3)cc2)n(Cc2ccc(F)cc2)c2ncn(CCCF)c12. The van der Waals surface area contributed by atoms with Crippen LogP contribution < -0.4 is 20.9 Å². The van der Waals surface area contributed by atoms with E-state index in [4.69, 9.17) is 4.74 Å². The number of hydrogen-bond donors (Lipinski definition) is 2. The smallest absolute Gasteiger partial charge is 0.300 e. The quantitative estimate of drug-likeness (QED) is 0.370. The van der Waals surface area contributed by atoms with Crippen LogP contribution in [0.4, 0.5) is 20.4 Å². The number of anilines is 2. The number of benzene rings is 2. The molecule has 11 heteroatoms. The van der Waals surface area contributed by atoms with Crippen molar-refractivity contribution in [3.8, 4) is 5.75 Å². The second-order valence-electron chi connectivity index (χ2n) is 8.10. The number of rotatable bonds is 9. The number of aromatic nitrogens is 4.